The highest BCUT2D eigenvalue weighted by Gasteiger charge is 2.53. The van der Waals surface area contributed by atoms with Gasteiger partial charge in [-0.05, 0) is 40.7 Å². The minimum Gasteiger partial charge on any atom is -0.497 e. The Kier molecular flexibility index (Phi) is 3.15. The molecule has 0 radical (unpaired) electrons. The van der Waals surface area contributed by atoms with E-state index in [9.17, 15) is 0 Å². The Morgan fingerprint density at radius 1 is 1.17 bits per heavy atom. The first kappa shape index (κ1) is 13.4. The van der Waals surface area contributed by atoms with Crippen LogP contribution in [0, 0.1) is 6.92 Å². The Labute approximate surface area is 109 Å². The molecule has 0 amide bonds. The van der Waals surface area contributed by atoms with Crippen LogP contribution in [0.5, 0.6) is 5.75 Å². The molecule has 0 unspecified atom stereocenters. The van der Waals surface area contributed by atoms with E-state index in [0.717, 1.165) is 16.9 Å². The van der Waals surface area contributed by atoms with E-state index in [1.165, 1.54) is 0 Å². The molecule has 1 aromatic rings. The molecule has 1 aliphatic heterocycles. The maximum atomic E-state index is 6.03. The van der Waals surface area contributed by atoms with Gasteiger partial charge in [-0.3, -0.25) is 4.98 Å². The number of hydrogen-bond donors (Lipinski definition) is 0. The molecule has 5 heteroatoms. The second-order valence-corrected chi connectivity index (χ2v) is 5.60. The summed E-state index contributed by atoms with van der Waals surface area (Å²) in [4.78, 5) is 4.29. The summed E-state index contributed by atoms with van der Waals surface area (Å²) in [5.74, 6) is 0.751. The molecule has 2 heterocycles. The largest absolute Gasteiger partial charge is 0.500 e. The summed E-state index contributed by atoms with van der Waals surface area (Å²) < 4.78 is 17.4. The Hall–Kier alpha value is -1.07. The van der Waals surface area contributed by atoms with E-state index in [1.54, 1.807) is 13.3 Å². The molecule has 98 valence electrons. The third kappa shape index (κ3) is 2.02. The van der Waals surface area contributed by atoms with Gasteiger partial charge in [0, 0.05) is 17.4 Å². The molecule has 2 rings (SSSR count). The quantitative estimate of drug-likeness (QED) is 0.748. The van der Waals surface area contributed by atoms with Crippen molar-refractivity contribution in [2.75, 3.05) is 7.11 Å². The topological polar surface area (TPSA) is 40.6 Å². The zero-order valence-corrected chi connectivity index (χ0v) is 11.9. The van der Waals surface area contributed by atoms with Crippen LogP contribution in [0.25, 0.3) is 0 Å². The van der Waals surface area contributed by atoms with E-state index in [-0.39, 0.29) is 11.2 Å². The van der Waals surface area contributed by atoms with Crippen LogP contribution in [0.15, 0.2) is 12.3 Å². The number of methoxy groups -OCH3 is 1. The fraction of sp³-hybridized carbons (Fsp3) is 0.615. The Morgan fingerprint density at radius 3 is 2.22 bits per heavy atom. The van der Waals surface area contributed by atoms with Crippen molar-refractivity contribution in [2.24, 2.45) is 0 Å². The van der Waals surface area contributed by atoms with Crippen LogP contribution in [0.1, 0.15) is 33.4 Å². The molecule has 4 nitrogen and oxygen atoms in total. The van der Waals surface area contributed by atoms with Crippen molar-refractivity contribution in [2.45, 2.75) is 45.8 Å². The molecule has 0 bridgehead atoms. The molecule has 0 aromatic carbocycles. The molecule has 1 aromatic heterocycles. The lowest BCUT2D eigenvalue weighted by molar-refractivity contribution is 0.00578. The number of aromatic nitrogens is 1. The van der Waals surface area contributed by atoms with Crippen LogP contribution in [0.3, 0.4) is 0 Å². The number of ether oxygens (including phenoxy) is 1. The first-order valence-electron chi connectivity index (χ1n) is 6.13. The molecule has 0 atom stereocenters. The van der Waals surface area contributed by atoms with Gasteiger partial charge in [0.05, 0.1) is 18.3 Å². The summed E-state index contributed by atoms with van der Waals surface area (Å²) in [6, 6.07) is 1.83. The van der Waals surface area contributed by atoms with Crippen LogP contribution in [0.2, 0.25) is 0 Å². The van der Waals surface area contributed by atoms with Crippen molar-refractivity contribution in [1.29, 1.82) is 0 Å². The average molecular weight is 249 g/mol. The number of hydrogen-bond acceptors (Lipinski definition) is 4. The molecule has 1 fully saturated rings. The Morgan fingerprint density at radius 2 is 1.72 bits per heavy atom. The summed E-state index contributed by atoms with van der Waals surface area (Å²) in [5, 5.41) is 0. The smallest absolute Gasteiger partial charge is 0.497 e. The fourth-order valence-corrected chi connectivity index (χ4v) is 1.98. The average Bonchev–Trinajstić information content (AvgIpc) is 2.47. The van der Waals surface area contributed by atoms with Crippen LogP contribution in [0.4, 0.5) is 0 Å². The van der Waals surface area contributed by atoms with Crippen molar-refractivity contribution in [3.05, 3.63) is 18.0 Å². The first-order chi connectivity index (χ1) is 8.28. The van der Waals surface area contributed by atoms with Gasteiger partial charge in [0.25, 0.3) is 0 Å². The molecule has 18 heavy (non-hydrogen) atoms. The van der Waals surface area contributed by atoms with Gasteiger partial charge in [-0.1, -0.05) is 0 Å². The second-order valence-electron chi connectivity index (χ2n) is 5.60. The zero-order chi connectivity index (χ0) is 13.6. The number of aryl methyl sites for hydroxylation is 1. The summed E-state index contributed by atoms with van der Waals surface area (Å²) >= 11 is 0. The van der Waals surface area contributed by atoms with E-state index < -0.39 is 7.12 Å². The van der Waals surface area contributed by atoms with Crippen LogP contribution < -0.4 is 10.2 Å². The predicted octanol–water partition coefficient (Wildman–Crippen LogP) is 1.70. The molecular formula is C13H20BNO3. The van der Waals surface area contributed by atoms with Crippen LogP contribution in [-0.2, 0) is 9.31 Å². The van der Waals surface area contributed by atoms with E-state index in [2.05, 4.69) is 4.98 Å². The Balaban J connectivity index is 2.41. The van der Waals surface area contributed by atoms with Crippen LogP contribution >= 0.6 is 0 Å². The van der Waals surface area contributed by atoms with Crippen LogP contribution in [-0.4, -0.2) is 30.4 Å². The van der Waals surface area contributed by atoms with E-state index in [1.807, 2.05) is 40.7 Å². The highest BCUT2D eigenvalue weighted by atomic mass is 16.7. The van der Waals surface area contributed by atoms with Gasteiger partial charge in [0.2, 0.25) is 0 Å². The van der Waals surface area contributed by atoms with Crippen molar-refractivity contribution >= 4 is 12.6 Å². The zero-order valence-electron chi connectivity index (χ0n) is 11.9. The highest BCUT2D eigenvalue weighted by Crippen LogP contribution is 2.37. The highest BCUT2D eigenvalue weighted by molar-refractivity contribution is 6.63. The maximum Gasteiger partial charge on any atom is 0.500 e. The standard InChI is InChI=1S/C13H20BNO3/c1-9-11(10(16-6)7-8-15-9)14-17-12(2,3)13(4,5)18-14/h7-8H,1-6H3. The number of rotatable bonds is 2. The summed E-state index contributed by atoms with van der Waals surface area (Å²) in [6.45, 7) is 10.1. The summed E-state index contributed by atoms with van der Waals surface area (Å²) in [7, 11) is 1.21. The monoisotopic (exact) mass is 249 g/mol. The molecule has 1 aliphatic rings. The third-order valence-electron chi connectivity index (χ3n) is 3.86. The van der Waals surface area contributed by atoms with Gasteiger partial charge < -0.3 is 14.0 Å². The first-order valence-corrected chi connectivity index (χ1v) is 6.13. The number of pyridine rings is 1. The molecule has 0 spiro atoms. The third-order valence-corrected chi connectivity index (χ3v) is 3.86. The minimum absolute atomic E-state index is 0.356. The number of nitrogens with zero attached hydrogens (tertiary/aromatic N) is 1. The molecule has 0 N–H and O–H groups in total. The molecule has 0 aliphatic carbocycles. The molecular weight excluding hydrogens is 229 g/mol. The van der Waals surface area contributed by atoms with Gasteiger partial charge in [0.1, 0.15) is 5.75 Å². The van der Waals surface area contributed by atoms with E-state index in [4.69, 9.17) is 14.0 Å². The van der Waals surface area contributed by atoms with Crippen molar-refractivity contribution in [3.63, 3.8) is 0 Å². The van der Waals surface area contributed by atoms with Crippen molar-refractivity contribution in [3.8, 4) is 5.75 Å². The minimum atomic E-state index is -0.432. The lowest BCUT2D eigenvalue weighted by atomic mass is 9.77. The SMILES string of the molecule is COc1ccnc(C)c1B1OC(C)(C)C(C)(C)O1. The van der Waals surface area contributed by atoms with E-state index in [0.29, 0.717) is 0 Å². The van der Waals surface area contributed by atoms with Gasteiger partial charge >= 0.3 is 7.12 Å². The van der Waals surface area contributed by atoms with Crippen molar-refractivity contribution in [1.82, 2.24) is 4.98 Å². The van der Waals surface area contributed by atoms with Gasteiger partial charge in [-0.15, -0.1) is 0 Å². The molecule has 1 saturated heterocycles. The summed E-state index contributed by atoms with van der Waals surface area (Å²) in [5.41, 5.74) is 1.03. The lowest BCUT2D eigenvalue weighted by Crippen LogP contribution is -2.41. The van der Waals surface area contributed by atoms with Gasteiger partial charge in [-0.25, -0.2) is 0 Å². The Bertz CT molecular complexity index is 444. The fourth-order valence-electron chi connectivity index (χ4n) is 1.98. The van der Waals surface area contributed by atoms with Gasteiger partial charge in [0.15, 0.2) is 0 Å². The van der Waals surface area contributed by atoms with Crippen molar-refractivity contribution < 1.29 is 14.0 Å². The maximum absolute atomic E-state index is 6.03. The predicted molar refractivity (Wildman–Crippen MR) is 71.2 cm³/mol. The lowest BCUT2D eigenvalue weighted by Gasteiger charge is -2.32. The van der Waals surface area contributed by atoms with E-state index >= 15 is 0 Å². The second kappa shape index (κ2) is 4.25. The molecule has 0 saturated carbocycles. The summed E-state index contributed by atoms with van der Waals surface area (Å²) in [6.07, 6.45) is 1.73. The normalized spacial score (nSPS) is 21.1. The van der Waals surface area contributed by atoms with Gasteiger partial charge in [-0.2, -0.15) is 0 Å².